The van der Waals surface area contributed by atoms with Crippen LogP contribution in [-0.4, -0.2) is 22.2 Å². The third-order valence-electron chi connectivity index (χ3n) is 3.22. The molecule has 0 saturated carbocycles. The maximum atomic E-state index is 10.7. The summed E-state index contributed by atoms with van der Waals surface area (Å²) >= 11 is 0. The van der Waals surface area contributed by atoms with Crippen LogP contribution in [-0.2, 0) is 5.60 Å². The quantitative estimate of drug-likeness (QED) is 0.792. The number of nitrogens with zero attached hydrogens (tertiary/aromatic N) is 2. The number of hydrogen-bond donors (Lipinski definition) is 1. The lowest BCUT2D eigenvalue weighted by atomic mass is 9.98. The van der Waals surface area contributed by atoms with Gasteiger partial charge in [0.1, 0.15) is 5.52 Å². The van der Waals surface area contributed by atoms with Crippen LogP contribution >= 0.6 is 0 Å². The van der Waals surface area contributed by atoms with Gasteiger partial charge in [0.15, 0.2) is 11.2 Å². The number of fused-ring (bicyclic) bond motifs is 1. The molecule has 0 aliphatic carbocycles. The lowest BCUT2D eigenvalue weighted by Gasteiger charge is -2.19. The van der Waals surface area contributed by atoms with Crippen LogP contribution in [0.25, 0.3) is 11.1 Å². The van der Waals surface area contributed by atoms with E-state index in [0.717, 1.165) is 0 Å². The first-order valence-electron chi connectivity index (χ1n) is 6.20. The van der Waals surface area contributed by atoms with Crippen molar-refractivity contribution in [3.63, 3.8) is 0 Å². The standard InChI is InChI=1S/C15H14N2O3/c1-15(18,10-7-8-13(19-2)16-9-10)14-17-11-5-3-4-6-12(11)20-14/h3-9,18H,1-2H3/t15-/m1/s1. The lowest BCUT2D eigenvalue weighted by Crippen LogP contribution is -2.23. The predicted octanol–water partition coefficient (Wildman–Crippen LogP) is 2.49. The third kappa shape index (κ3) is 2.02. The van der Waals surface area contributed by atoms with Crippen LogP contribution in [0.2, 0.25) is 0 Å². The average Bonchev–Trinajstić information content (AvgIpc) is 2.92. The second-order valence-electron chi connectivity index (χ2n) is 4.65. The molecule has 0 unspecified atom stereocenters. The van der Waals surface area contributed by atoms with Crippen molar-refractivity contribution in [1.82, 2.24) is 9.97 Å². The molecule has 0 radical (unpaired) electrons. The molecule has 0 saturated heterocycles. The van der Waals surface area contributed by atoms with Crippen molar-refractivity contribution in [2.45, 2.75) is 12.5 Å². The Kier molecular flexibility index (Phi) is 2.91. The van der Waals surface area contributed by atoms with Crippen molar-refractivity contribution in [3.05, 3.63) is 54.0 Å². The second kappa shape index (κ2) is 4.61. The molecule has 3 rings (SSSR count). The zero-order chi connectivity index (χ0) is 14.2. The van der Waals surface area contributed by atoms with Gasteiger partial charge >= 0.3 is 0 Å². The Balaban J connectivity index is 2.04. The molecular formula is C15H14N2O3. The van der Waals surface area contributed by atoms with Crippen molar-refractivity contribution in [2.24, 2.45) is 0 Å². The Morgan fingerprint density at radius 3 is 2.65 bits per heavy atom. The van der Waals surface area contributed by atoms with Gasteiger partial charge in [-0.15, -0.1) is 0 Å². The Labute approximate surface area is 115 Å². The van der Waals surface area contributed by atoms with Gasteiger partial charge in [0.2, 0.25) is 11.8 Å². The maximum absolute atomic E-state index is 10.7. The summed E-state index contributed by atoms with van der Waals surface area (Å²) in [6.45, 7) is 1.63. The molecule has 0 aliphatic rings. The van der Waals surface area contributed by atoms with E-state index in [1.165, 1.54) is 0 Å². The number of para-hydroxylation sites is 2. The summed E-state index contributed by atoms with van der Waals surface area (Å²) in [5, 5.41) is 10.7. The van der Waals surface area contributed by atoms with E-state index in [1.54, 1.807) is 32.4 Å². The average molecular weight is 270 g/mol. The van der Waals surface area contributed by atoms with Gasteiger partial charge in [0.05, 0.1) is 7.11 Å². The number of rotatable bonds is 3. The van der Waals surface area contributed by atoms with Gasteiger partial charge in [-0.25, -0.2) is 9.97 Å². The van der Waals surface area contributed by atoms with Crippen LogP contribution in [0.4, 0.5) is 0 Å². The van der Waals surface area contributed by atoms with Crippen LogP contribution in [0.5, 0.6) is 5.88 Å². The fraction of sp³-hybridized carbons (Fsp3) is 0.200. The molecular weight excluding hydrogens is 256 g/mol. The first-order valence-corrected chi connectivity index (χ1v) is 6.20. The fourth-order valence-electron chi connectivity index (χ4n) is 1.99. The highest BCUT2D eigenvalue weighted by molar-refractivity contribution is 5.72. The van der Waals surface area contributed by atoms with Crippen molar-refractivity contribution >= 4 is 11.1 Å². The van der Waals surface area contributed by atoms with Crippen LogP contribution in [0.15, 0.2) is 47.0 Å². The molecule has 0 fully saturated rings. The van der Waals surface area contributed by atoms with E-state index in [2.05, 4.69) is 9.97 Å². The molecule has 2 aromatic heterocycles. The summed E-state index contributed by atoms with van der Waals surface area (Å²) in [4.78, 5) is 8.42. The highest BCUT2D eigenvalue weighted by atomic mass is 16.5. The molecule has 0 bridgehead atoms. The molecule has 1 atom stereocenters. The number of oxazole rings is 1. The molecule has 2 heterocycles. The predicted molar refractivity (Wildman–Crippen MR) is 73.5 cm³/mol. The van der Waals surface area contributed by atoms with E-state index in [1.807, 2.05) is 24.3 Å². The van der Waals surface area contributed by atoms with E-state index < -0.39 is 5.60 Å². The summed E-state index contributed by atoms with van der Waals surface area (Å²) in [6, 6.07) is 10.8. The Morgan fingerprint density at radius 1 is 1.20 bits per heavy atom. The van der Waals surface area contributed by atoms with Gasteiger partial charge in [0.25, 0.3) is 0 Å². The lowest BCUT2D eigenvalue weighted by molar-refractivity contribution is 0.0722. The number of hydrogen-bond acceptors (Lipinski definition) is 5. The van der Waals surface area contributed by atoms with Gasteiger partial charge in [-0.1, -0.05) is 12.1 Å². The van der Waals surface area contributed by atoms with Crippen molar-refractivity contribution in [2.75, 3.05) is 7.11 Å². The SMILES string of the molecule is COc1ccc([C@@](C)(O)c2nc3ccccc3o2)cn1. The molecule has 5 nitrogen and oxygen atoms in total. The van der Waals surface area contributed by atoms with E-state index in [0.29, 0.717) is 22.5 Å². The van der Waals surface area contributed by atoms with Crippen LogP contribution < -0.4 is 4.74 Å². The molecule has 5 heteroatoms. The number of aliphatic hydroxyl groups is 1. The molecule has 0 spiro atoms. The number of pyridine rings is 1. The minimum absolute atomic E-state index is 0.241. The normalized spacial score (nSPS) is 14.2. The van der Waals surface area contributed by atoms with Crippen molar-refractivity contribution in [1.29, 1.82) is 0 Å². The molecule has 3 aromatic rings. The number of methoxy groups -OCH3 is 1. The molecule has 0 aliphatic heterocycles. The largest absolute Gasteiger partial charge is 0.481 e. The minimum atomic E-state index is -1.35. The molecule has 0 amide bonds. The number of ether oxygens (including phenoxy) is 1. The topological polar surface area (TPSA) is 68.4 Å². The van der Waals surface area contributed by atoms with Crippen molar-refractivity contribution < 1.29 is 14.3 Å². The van der Waals surface area contributed by atoms with E-state index >= 15 is 0 Å². The monoisotopic (exact) mass is 270 g/mol. The van der Waals surface area contributed by atoms with Crippen LogP contribution in [0.3, 0.4) is 0 Å². The molecule has 20 heavy (non-hydrogen) atoms. The smallest absolute Gasteiger partial charge is 0.231 e. The first-order chi connectivity index (χ1) is 9.61. The summed E-state index contributed by atoms with van der Waals surface area (Å²) in [5.74, 6) is 0.729. The van der Waals surface area contributed by atoms with E-state index in [9.17, 15) is 5.11 Å². The van der Waals surface area contributed by atoms with Crippen LogP contribution in [0.1, 0.15) is 18.4 Å². The third-order valence-corrected chi connectivity index (χ3v) is 3.22. The van der Waals surface area contributed by atoms with Crippen LogP contribution in [0, 0.1) is 0 Å². The minimum Gasteiger partial charge on any atom is -0.481 e. The summed E-state index contributed by atoms with van der Waals surface area (Å²) in [5.41, 5.74) is 0.594. The zero-order valence-corrected chi connectivity index (χ0v) is 11.2. The summed E-state index contributed by atoms with van der Waals surface area (Å²) in [7, 11) is 1.54. The van der Waals surface area contributed by atoms with Gasteiger partial charge in [-0.2, -0.15) is 0 Å². The summed E-state index contributed by atoms with van der Waals surface area (Å²) in [6.07, 6.45) is 1.55. The zero-order valence-electron chi connectivity index (χ0n) is 11.2. The van der Waals surface area contributed by atoms with Gasteiger partial charge in [0, 0.05) is 17.8 Å². The highest BCUT2D eigenvalue weighted by Gasteiger charge is 2.32. The number of benzene rings is 1. The Morgan fingerprint density at radius 2 is 2.00 bits per heavy atom. The van der Waals surface area contributed by atoms with Gasteiger partial charge < -0.3 is 14.3 Å². The molecule has 1 N–H and O–H groups in total. The Bertz CT molecular complexity index is 699. The Hall–Kier alpha value is -2.40. The molecule has 102 valence electrons. The van der Waals surface area contributed by atoms with E-state index in [-0.39, 0.29) is 5.89 Å². The highest BCUT2D eigenvalue weighted by Crippen LogP contribution is 2.30. The summed E-state index contributed by atoms with van der Waals surface area (Å²) < 4.78 is 10.6. The van der Waals surface area contributed by atoms with Crippen molar-refractivity contribution in [3.8, 4) is 5.88 Å². The number of aromatic nitrogens is 2. The fourth-order valence-corrected chi connectivity index (χ4v) is 1.99. The molecule has 1 aromatic carbocycles. The second-order valence-corrected chi connectivity index (χ2v) is 4.65. The first kappa shape index (κ1) is 12.6. The van der Waals surface area contributed by atoms with Gasteiger partial charge in [-0.3, -0.25) is 0 Å². The van der Waals surface area contributed by atoms with E-state index in [4.69, 9.17) is 9.15 Å². The maximum Gasteiger partial charge on any atom is 0.231 e. The van der Waals surface area contributed by atoms with Gasteiger partial charge in [-0.05, 0) is 25.1 Å².